The lowest BCUT2D eigenvalue weighted by Gasteiger charge is -2.07. The summed E-state index contributed by atoms with van der Waals surface area (Å²) < 4.78 is 5.33. The molecule has 1 heterocycles. The molecule has 2 aromatic rings. The van der Waals surface area contributed by atoms with Crippen LogP contribution in [0.3, 0.4) is 0 Å². The number of ether oxygens (including phenoxy) is 1. The van der Waals surface area contributed by atoms with Crippen molar-refractivity contribution in [3.63, 3.8) is 0 Å². The van der Waals surface area contributed by atoms with Crippen LogP contribution in [0.15, 0.2) is 23.6 Å². The molecule has 17 heavy (non-hydrogen) atoms. The fourth-order valence-electron chi connectivity index (χ4n) is 1.63. The molecule has 0 saturated carbocycles. The Morgan fingerprint density at radius 1 is 1.41 bits per heavy atom. The summed E-state index contributed by atoms with van der Waals surface area (Å²) in [7, 11) is 1.65. The van der Waals surface area contributed by atoms with Gasteiger partial charge in [0.2, 0.25) is 0 Å². The minimum Gasteiger partial charge on any atom is -0.496 e. The monoisotopic (exact) mass is 249 g/mol. The molecular formula is C13H15NO2S. The van der Waals surface area contributed by atoms with E-state index in [2.05, 4.69) is 4.98 Å². The summed E-state index contributed by atoms with van der Waals surface area (Å²) in [4.78, 5) is 4.42. The van der Waals surface area contributed by atoms with Crippen LogP contribution >= 0.6 is 11.3 Å². The van der Waals surface area contributed by atoms with Crippen molar-refractivity contribution in [3.05, 3.63) is 34.2 Å². The number of hydrogen-bond donors (Lipinski definition) is 1. The van der Waals surface area contributed by atoms with Crippen molar-refractivity contribution in [1.29, 1.82) is 0 Å². The number of benzene rings is 1. The first-order valence-corrected chi connectivity index (χ1v) is 6.28. The highest BCUT2D eigenvalue weighted by Gasteiger charge is 2.12. The number of rotatable bonds is 3. The van der Waals surface area contributed by atoms with Gasteiger partial charge in [-0.2, -0.15) is 0 Å². The number of aryl methyl sites for hydroxylation is 1. The molecule has 1 atom stereocenters. The van der Waals surface area contributed by atoms with Crippen molar-refractivity contribution in [3.8, 4) is 17.0 Å². The van der Waals surface area contributed by atoms with Gasteiger partial charge in [-0.05, 0) is 26.0 Å². The second-order valence-electron chi connectivity index (χ2n) is 3.95. The Labute approximate surface area is 105 Å². The van der Waals surface area contributed by atoms with Crippen LogP contribution in [-0.4, -0.2) is 17.2 Å². The molecule has 0 amide bonds. The van der Waals surface area contributed by atoms with Crippen molar-refractivity contribution in [2.24, 2.45) is 0 Å². The van der Waals surface area contributed by atoms with E-state index in [9.17, 15) is 5.11 Å². The third-order valence-electron chi connectivity index (χ3n) is 2.51. The second kappa shape index (κ2) is 4.85. The minimum absolute atomic E-state index is 0.524. The summed E-state index contributed by atoms with van der Waals surface area (Å²) in [6.07, 6.45) is -0.524. The van der Waals surface area contributed by atoms with E-state index in [1.807, 2.05) is 30.5 Å². The third-order valence-corrected chi connectivity index (χ3v) is 3.53. The molecule has 0 saturated heterocycles. The maximum atomic E-state index is 9.48. The Balaban J connectivity index is 2.47. The number of thiazole rings is 1. The zero-order valence-electron chi connectivity index (χ0n) is 10.1. The molecule has 0 bridgehead atoms. The van der Waals surface area contributed by atoms with Gasteiger partial charge in [-0.15, -0.1) is 11.3 Å². The van der Waals surface area contributed by atoms with Crippen LogP contribution < -0.4 is 4.74 Å². The summed E-state index contributed by atoms with van der Waals surface area (Å²) in [5.41, 5.74) is 2.98. The molecular weight excluding hydrogens is 234 g/mol. The van der Waals surface area contributed by atoms with Gasteiger partial charge in [0, 0.05) is 10.9 Å². The van der Waals surface area contributed by atoms with Gasteiger partial charge in [-0.25, -0.2) is 4.98 Å². The van der Waals surface area contributed by atoms with E-state index in [0.29, 0.717) is 0 Å². The fourth-order valence-corrected chi connectivity index (χ4v) is 2.39. The smallest absolute Gasteiger partial charge is 0.128 e. The van der Waals surface area contributed by atoms with Gasteiger partial charge in [-0.1, -0.05) is 11.6 Å². The van der Waals surface area contributed by atoms with Crippen molar-refractivity contribution in [1.82, 2.24) is 4.98 Å². The van der Waals surface area contributed by atoms with Gasteiger partial charge in [0.25, 0.3) is 0 Å². The summed E-state index contributed by atoms with van der Waals surface area (Å²) >= 11 is 1.46. The molecule has 4 heteroatoms. The lowest BCUT2D eigenvalue weighted by molar-refractivity contribution is 0.199. The van der Waals surface area contributed by atoms with E-state index in [1.54, 1.807) is 14.0 Å². The van der Waals surface area contributed by atoms with Crippen LogP contribution in [0.2, 0.25) is 0 Å². The number of nitrogens with zero attached hydrogens (tertiary/aromatic N) is 1. The third kappa shape index (κ3) is 2.48. The van der Waals surface area contributed by atoms with Crippen molar-refractivity contribution < 1.29 is 9.84 Å². The van der Waals surface area contributed by atoms with Crippen LogP contribution in [0.1, 0.15) is 23.6 Å². The molecule has 1 aromatic carbocycles. The molecule has 0 aliphatic heterocycles. The van der Waals surface area contributed by atoms with Gasteiger partial charge < -0.3 is 9.84 Å². The van der Waals surface area contributed by atoms with Crippen LogP contribution in [0.5, 0.6) is 5.75 Å². The largest absolute Gasteiger partial charge is 0.496 e. The van der Waals surface area contributed by atoms with Crippen LogP contribution in [0.25, 0.3) is 11.3 Å². The fraction of sp³-hybridized carbons (Fsp3) is 0.308. The molecule has 3 nitrogen and oxygen atoms in total. The zero-order chi connectivity index (χ0) is 12.4. The first-order valence-electron chi connectivity index (χ1n) is 5.40. The Morgan fingerprint density at radius 3 is 2.76 bits per heavy atom. The average Bonchev–Trinajstić information content (AvgIpc) is 2.78. The summed E-state index contributed by atoms with van der Waals surface area (Å²) in [6, 6.07) is 5.98. The van der Waals surface area contributed by atoms with E-state index in [0.717, 1.165) is 27.6 Å². The van der Waals surface area contributed by atoms with E-state index in [4.69, 9.17) is 4.74 Å². The van der Waals surface area contributed by atoms with Crippen LogP contribution in [-0.2, 0) is 0 Å². The van der Waals surface area contributed by atoms with Crippen molar-refractivity contribution in [2.75, 3.05) is 7.11 Å². The summed E-state index contributed by atoms with van der Waals surface area (Å²) in [5.74, 6) is 0.804. The van der Waals surface area contributed by atoms with Crippen LogP contribution in [0, 0.1) is 6.92 Å². The molecule has 0 aliphatic carbocycles. The highest BCUT2D eigenvalue weighted by Crippen LogP contribution is 2.32. The molecule has 0 spiro atoms. The maximum Gasteiger partial charge on any atom is 0.128 e. The van der Waals surface area contributed by atoms with Gasteiger partial charge in [-0.3, -0.25) is 0 Å². The number of methoxy groups -OCH3 is 1. The van der Waals surface area contributed by atoms with E-state index in [1.165, 1.54) is 11.3 Å². The Hall–Kier alpha value is -1.39. The predicted octanol–water partition coefficient (Wildman–Crippen LogP) is 3.18. The lowest BCUT2D eigenvalue weighted by atomic mass is 10.1. The number of hydrogen-bond acceptors (Lipinski definition) is 4. The molecule has 0 radical (unpaired) electrons. The number of aliphatic hydroxyl groups is 1. The standard InChI is InChI=1S/C13H15NO2S/c1-8-4-5-12(16-3)10(6-8)11-7-17-13(14-11)9(2)15/h4-7,9,15H,1-3H3. The lowest BCUT2D eigenvalue weighted by Crippen LogP contribution is -1.91. The van der Waals surface area contributed by atoms with Gasteiger partial charge in [0.1, 0.15) is 16.9 Å². The van der Waals surface area contributed by atoms with Crippen molar-refractivity contribution >= 4 is 11.3 Å². The predicted molar refractivity (Wildman–Crippen MR) is 69.5 cm³/mol. The Morgan fingerprint density at radius 2 is 2.18 bits per heavy atom. The van der Waals surface area contributed by atoms with Crippen LogP contribution in [0.4, 0.5) is 0 Å². The molecule has 90 valence electrons. The molecule has 1 aromatic heterocycles. The first-order chi connectivity index (χ1) is 8.11. The topological polar surface area (TPSA) is 42.4 Å². The average molecular weight is 249 g/mol. The molecule has 0 aliphatic rings. The highest BCUT2D eigenvalue weighted by molar-refractivity contribution is 7.10. The van der Waals surface area contributed by atoms with Gasteiger partial charge >= 0.3 is 0 Å². The van der Waals surface area contributed by atoms with E-state index in [-0.39, 0.29) is 0 Å². The molecule has 1 N–H and O–H groups in total. The molecule has 0 fully saturated rings. The summed E-state index contributed by atoms with van der Waals surface area (Å²) in [5, 5.41) is 12.2. The van der Waals surface area contributed by atoms with E-state index < -0.39 is 6.10 Å². The molecule has 1 unspecified atom stereocenters. The Bertz CT molecular complexity index is 520. The highest BCUT2D eigenvalue weighted by atomic mass is 32.1. The first kappa shape index (κ1) is 12.1. The van der Waals surface area contributed by atoms with Crippen molar-refractivity contribution in [2.45, 2.75) is 20.0 Å². The van der Waals surface area contributed by atoms with E-state index >= 15 is 0 Å². The maximum absolute atomic E-state index is 9.48. The number of aromatic nitrogens is 1. The normalized spacial score (nSPS) is 12.5. The quantitative estimate of drug-likeness (QED) is 0.908. The molecule has 2 rings (SSSR count). The Kier molecular flexibility index (Phi) is 3.45. The second-order valence-corrected chi connectivity index (χ2v) is 4.84. The summed E-state index contributed by atoms with van der Waals surface area (Å²) in [6.45, 7) is 3.75. The van der Waals surface area contributed by atoms with Gasteiger partial charge in [0.05, 0.1) is 12.8 Å². The minimum atomic E-state index is -0.524. The number of aliphatic hydroxyl groups excluding tert-OH is 1. The zero-order valence-corrected chi connectivity index (χ0v) is 10.9. The van der Waals surface area contributed by atoms with Gasteiger partial charge in [0.15, 0.2) is 0 Å². The SMILES string of the molecule is COc1ccc(C)cc1-c1csc(C(C)O)n1.